The zero-order valence-electron chi connectivity index (χ0n) is 21.9. The number of aromatic nitrogens is 2. The molecule has 0 fully saturated rings. The van der Waals surface area contributed by atoms with Gasteiger partial charge in [-0.15, -0.1) is 0 Å². The second-order valence-corrected chi connectivity index (χ2v) is 11.7. The molecule has 0 amide bonds. The highest BCUT2D eigenvalue weighted by molar-refractivity contribution is 7.19. The Morgan fingerprint density at radius 1 is 0.973 bits per heavy atom. The van der Waals surface area contributed by atoms with E-state index in [0.29, 0.717) is 23.1 Å². The highest BCUT2D eigenvalue weighted by Gasteiger charge is 2.29. The number of aliphatic carboxylic acids is 1. The third-order valence-corrected chi connectivity index (χ3v) is 7.20. The van der Waals surface area contributed by atoms with Crippen molar-refractivity contribution in [2.45, 2.75) is 58.3 Å². The first-order valence-corrected chi connectivity index (χ1v) is 13.1. The molecule has 0 aliphatic rings. The summed E-state index contributed by atoms with van der Waals surface area (Å²) < 4.78 is 6.33. The molecular formula is C30H33N3O3S. The number of carboxylic acid groups (broad SMARTS) is 1. The maximum Gasteiger partial charge on any atom is 0.303 e. The van der Waals surface area contributed by atoms with E-state index in [4.69, 9.17) is 9.72 Å². The lowest BCUT2D eigenvalue weighted by atomic mass is 9.83. The number of ether oxygens (including phenoxy) is 1. The predicted molar refractivity (Wildman–Crippen MR) is 150 cm³/mol. The van der Waals surface area contributed by atoms with E-state index >= 15 is 0 Å². The molecule has 37 heavy (non-hydrogen) atoms. The normalized spacial score (nSPS) is 11.8. The highest BCUT2D eigenvalue weighted by Crippen LogP contribution is 2.43. The first-order valence-electron chi connectivity index (χ1n) is 12.3. The average Bonchev–Trinajstić information content (AvgIpc) is 3.29. The third kappa shape index (κ3) is 6.35. The third-order valence-electron chi connectivity index (χ3n) is 6.18. The largest absolute Gasteiger partial charge is 0.481 e. The average molecular weight is 516 g/mol. The Bertz CT molecular complexity index is 1370. The number of pyridine rings is 1. The summed E-state index contributed by atoms with van der Waals surface area (Å²) in [5.41, 5.74) is 3.20. The van der Waals surface area contributed by atoms with Gasteiger partial charge < -0.3 is 15.2 Å². The van der Waals surface area contributed by atoms with E-state index < -0.39 is 11.4 Å². The highest BCUT2D eigenvalue weighted by atomic mass is 32.1. The van der Waals surface area contributed by atoms with Gasteiger partial charge in [0, 0.05) is 23.6 Å². The van der Waals surface area contributed by atoms with Gasteiger partial charge in [0.25, 0.3) is 0 Å². The van der Waals surface area contributed by atoms with Crippen molar-refractivity contribution in [3.05, 3.63) is 84.2 Å². The van der Waals surface area contributed by atoms with Crippen molar-refractivity contribution >= 4 is 28.1 Å². The van der Waals surface area contributed by atoms with Crippen LogP contribution in [0.3, 0.4) is 0 Å². The summed E-state index contributed by atoms with van der Waals surface area (Å²) in [5.74, 6) is 0.411. The molecule has 0 atom stereocenters. The molecule has 2 heterocycles. The zero-order chi connectivity index (χ0) is 26.6. The Morgan fingerprint density at radius 3 is 2.38 bits per heavy atom. The molecule has 0 radical (unpaired) electrons. The number of para-hydroxylation sites is 1. The minimum atomic E-state index is -0.810. The molecule has 0 spiro atoms. The van der Waals surface area contributed by atoms with Gasteiger partial charge in [0.1, 0.15) is 11.4 Å². The molecule has 2 N–H and O–H groups in total. The number of hydrogen-bond acceptors (Lipinski definition) is 6. The molecule has 2 aromatic heterocycles. The first kappa shape index (κ1) is 26.4. The number of carbonyl (C=O) groups is 1. The summed E-state index contributed by atoms with van der Waals surface area (Å²) in [6.07, 6.45) is 2.27. The van der Waals surface area contributed by atoms with Gasteiger partial charge in [0.05, 0.1) is 10.6 Å². The summed E-state index contributed by atoms with van der Waals surface area (Å²) in [7, 11) is 0. The van der Waals surface area contributed by atoms with Crippen LogP contribution in [0.25, 0.3) is 10.4 Å². The molecule has 0 bridgehead atoms. The molecule has 192 valence electrons. The van der Waals surface area contributed by atoms with Gasteiger partial charge in [-0.2, -0.15) is 0 Å². The van der Waals surface area contributed by atoms with Crippen LogP contribution in [0.5, 0.6) is 11.6 Å². The predicted octanol–water partition coefficient (Wildman–Crippen LogP) is 8.18. The quantitative estimate of drug-likeness (QED) is 0.234. The molecule has 4 aromatic rings. The maximum absolute atomic E-state index is 11.3. The van der Waals surface area contributed by atoms with Gasteiger partial charge in [0.2, 0.25) is 5.88 Å². The molecule has 6 nitrogen and oxygen atoms in total. The van der Waals surface area contributed by atoms with Crippen molar-refractivity contribution in [2.24, 2.45) is 0 Å². The summed E-state index contributed by atoms with van der Waals surface area (Å²) >= 11 is 1.54. The van der Waals surface area contributed by atoms with Crippen molar-refractivity contribution in [1.82, 2.24) is 9.97 Å². The van der Waals surface area contributed by atoms with Gasteiger partial charge in [-0.05, 0) is 35.6 Å². The van der Waals surface area contributed by atoms with Gasteiger partial charge in [-0.1, -0.05) is 94.5 Å². The second kappa shape index (κ2) is 10.7. The summed E-state index contributed by atoms with van der Waals surface area (Å²) in [4.78, 5) is 21.8. The molecule has 2 aromatic carbocycles. The van der Waals surface area contributed by atoms with E-state index in [1.165, 1.54) is 11.3 Å². The molecule has 7 heteroatoms. The minimum absolute atomic E-state index is 0.0787. The maximum atomic E-state index is 11.3. The van der Waals surface area contributed by atoms with E-state index in [2.05, 4.69) is 49.3 Å². The van der Waals surface area contributed by atoms with Crippen molar-refractivity contribution in [3.8, 4) is 22.1 Å². The SMILES string of the molecule is CC(C)(C)c1ccccc1Oc1ncccc1Nc1nc(C(C)(C)CCC(=O)O)c(-c2ccccc2)s1. The number of nitrogens with zero attached hydrogens (tertiary/aromatic N) is 2. The van der Waals surface area contributed by atoms with Crippen LogP contribution < -0.4 is 10.1 Å². The van der Waals surface area contributed by atoms with E-state index in [-0.39, 0.29) is 11.8 Å². The van der Waals surface area contributed by atoms with Crippen LogP contribution in [0.2, 0.25) is 0 Å². The van der Waals surface area contributed by atoms with Crippen LogP contribution in [0.4, 0.5) is 10.8 Å². The van der Waals surface area contributed by atoms with E-state index in [1.807, 2.05) is 62.4 Å². The van der Waals surface area contributed by atoms with Crippen LogP contribution in [0.15, 0.2) is 72.9 Å². The lowest BCUT2D eigenvalue weighted by Gasteiger charge is -2.23. The van der Waals surface area contributed by atoms with Crippen molar-refractivity contribution in [1.29, 1.82) is 0 Å². The van der Waals surface area contributed by atoms with Crippen LogP contribution in [-0.4, -0.2) is 21.0 Å². The molecular weight excluding hydrogens is 482 g/mol. The molecule has 0 aliphatic heterocycles. The molecule has 0 aliphatic carbocycles. The van der Waals surface area contributed by atoms with Crippen LogP contribution in [0, 0.1) is 0 Å². The van der Waals surface area contributed by atoms with Gasteiger partial charge in [-0.25, -0.2) is 9.97 Å². The summed E-state index contributed by atoms with van der Waals surface area (Å²) in [5, 5.41) is 13.4. The van der Waals surface area contributed by atoms with Crippen LogP contribution >= 0.6 is 11.3 Å². The number of rotatable bonds is 9. The number of thiazole rings is 1. The van der Waals surface area contributed by atoms with Crippen molar-refractivity contribution in [3.63, 3.8) is 0 Å². The topological polar surface area (TPSA) is 84.3 Å². The molecule has 0 saturated heterocycles. The number of anilines is 2. The lowest BCUT2D eigenvalue weighted by molar-refractivity contribution is -0.137. The number of hydrogen-bond donors (Lipinski definition) is 2. The standard InChI is InChI=1S/C30H33N3O3S/c1-29(2,3)21-14-9-10-16-23(21)36-27-22(15-11-19-31-27)32-28-33-26(30(4,5)18-17-24(34)35)25(37-28)20-12-7-6-8-13-20/h6-16,19H,17-18H2,1-5H3,(H,32,33)(H,34,35). The van der Waals surface area contributed by atoms with Gasteiger partial charge in [-0.3, -0.25) is 4.79 Å². The Hall–Kier alpha value is -3.71. The zero-order valence-corrected chi connectivity index (χ0v) is 22.7. The van der Waals surface area contributed by atoms with Gasteiger partial charge >= 0.3 is 5.97 Å². The van der Waals surface area contributed by atoms with Crippen LogP contribution in [0.1, 0.15) is 58.7 Å². The Labute approximate surface area is 222 Å². The number of carboxylic acids is 1. The van der Waals surface area contributed by atoms with E-state index in [9.17, 15) is 9.90 Å². The Kier molecular flexibility index (Phi) is 7.64. The van der Waals surface area contributed by atoms with Crippen molar-refractivity contribution < 1.29 is 14.6 Å². The Morgan fingerprint density at radius 2 is 1.68 bits per heavy atom. The van der Waals surface area contributed by atoms with E-state index in [1.54, 1.807) is 6.20 Å². The number of benzene rings is 2. The Balaban J connectivity index is 1.70. The second-order valence-electron chi connectivity index (χ2n) is 10.7. The summed E-state index contributed by atoms with van der Waals surface area (Å²) in [6, 6.07) is 21.8. The molecule has 0 unspecified atom stereocenters. The van der Waals surface area contributed by atoms with Crippen LogP contribution in [-0.2, 0) is 15.6 Å². The first-order chi connectivity index (χ1) is 17.5. The monoisotopic (exact) mass is 515 g/mol. The fourth-order valence-electron chi connectivity index (χ4n) is 4.12. The molecule has 0 saturated carbocycles. The van der Waals surface area contributed by atoms with E-state index in [0.717, 1.165) is 27.4 Å². The van der Waals surface area contributed by atoms with Gasteiger partial charge in [0.15, 0.2) is 5.13 Å². The fourth-order valence-corrected chi connectivity index (χ4v) is 5.28. The smallest absolute Gasteiger partial charge is 0.303 e. The summed E-state index contributed by atoms with van der Waals surface area (Å²) in [6.45, 7) is 10.6. The van der Waals surface area contributed by atoms with Crippen molar-refractivity contribution in [2.75, 3.05) is 5.32 Å². The fraction of sp³-hybridized carbons (Fsp3) is 0.300. The number of nitrogens with one attached hydrogen (secondary N) is 1. The lowest BCUT2D eigenvalue weighted by Crippen LogP contribution is -2.20. The minimum Gasteiger partial charge on any atom is -0.481 e. The molecule has 4 rings (SSSR count).